The Morgan fingerprint density at radius 2 is 1.91 bits per heavy atom. The van der Waals surface area contributed by atoms with Crippen molar-refractivity contribution in [3.8, 4) is 5.75 Å². The van der Waals surface area contributed by atoms with Gasteiger partial charge >= 0.3 is 0 Å². The number of nitrogens with zero attached hydrogens (tertiary/aromatic N) is 1. The van der Waals surface area contributed by atoms with Crippen molar-refractivity contribution in [1.82, 2.24) is 10.3 Å². The first-order valence-electron chi connectivity index (χ1n) is 7.64. The molecule has 0 aliphatic rings. The third-order valence-electron chi connectivity index (χ3n) is 3.42. The van der Waals surface area contributed by atoms with Gasteiger partial charge in [0.1, 0.15) is 5.75 Å². The SMILES string of the molecule is CC(C)Oc1cccc(C(O)CNC(C)c2cccnc2)c1. The number of ether oxygens (including phenoxy) is 1. The van der Waals surface area contributed by atoms with Crippen LogP contribution in [0.5, 0.6) is 5.75 Å². The van der Waals surface area contributed by atoms with E-state index >= 15 is 0 Å². The summed E-state index contributed by atoms with van der Waals surface area (Å²) in [6, 6.07) is 11.7. The lowest BCUT2D eigenvalue weighted by molar-refractivity contribution is 0.169. The lowest BCUT2D eigenvalue weighted by Crippen LogP contribution is -2.24. The van der Waals surface area contributed by atoms with Crippen LogP contribution in [0.1, 0.15) is 44.0 Å². The number of aliphatic hydroxyl groups excluding tert-OH is 1. The predicted octanol–water partition coefficient (Wildman–Crippen LogP) is 3.25. The first-order chi connectivity index (χ1) is 10.6. The molecule has 2 N–H and O–H groups in total. The molecule has 4 heteroatoms. The first kappa shape index (κ1) is 16.5. The van der Waals surface area contributed by atoms with Crippen molar-refractivity contribution in [2.45, 2.75) is 39.0 Å². The molecule has 2 unspecified atom stereocenters. The van der Waals surface area contributed by atoms with Gasteiger partial charge in [0, 0.05) is 25.0 Å². The zero-order valence-electron chi connectivity index (χ0n) is 13.4. The highest BCUT2D eigenvalue weighted by Gasteiger charge is 2.11. The summed E-state index contributed by atoms with van der Waals surface area (Å²) in [5.74, 6) is 0.784. The van der Waals surface area contributed by atoms with Crippen molar-refractivity contribution in [3.05, 3.63) is 59.9 Å². The van der Waals surface area contributed by atoms with Crippen LogP contribution in [0.15, 0.2) is 48.8 Å². The smallest absolute Gasteiger partial charge is 0.120 e. The zero-order valence-corrected chi connectivity index (χ0v) is 13.4. The fourth-order valence-electron chi connectivity index (χ4n) is 2.22. The van der Waals surface area contributed by atoms with E-state index in [1.54, 1.807) is 6.20 Å². The number of hydrogen-bond donors (Lipinski definition) is 2. The molecule has 4 nitrogen and oxygen atoms in total. The quantitative estimate of drug-likeness (QED) is 0.824. The van der Waals surface area contributed by atoms with Crippen molar-refractivity contribution in [2.24, 2.45) is 0 Å². The van der Waals surface area contributed by atoms with E-state index < -0.39 is 6.10 Å². The maximum atomic E-state index is 10.3. The number of nitrogens with one attached hydrogen (secondary N) is 1. The fraction of sp³-hybridized carbons (Fsp3) is 0.389. The van der Waals surface area contributed by atoms with Crippen LogP contribution in [-0.2, 0) is 0 Å². The van der Waals surface area contributed by atoms with Crippen molar-refractivity contribution in [1.29, 1.82) is 0 Å². The summed E-state index contributed by atoms with van der Waals surface area (Å²) in [6.45, 7) is 6.50. The molecule has 22 heavy (non-hydrogen) atoms. The van der Waals surface area contributed by atoms with E-state index in [4.69, 9.17) is 4.74 Å². The molecule has 118 valence electrons. The third kappa shape index (κ3) is 4.83. The van der Waals surface area contributed by atoms with E-state index in [1.807, 2.05) is 56.4 Å². The molecule has 2 aromatic rings. The van der Waals surface area contributed by atoms with Crippen molar-refractivity contribution >= 4 is 0 Å². The number of aliphatic hydroxyl groups is 1. The molecule has 2 rings (SSSR count). The molecule has 0 fully saturated rings. The van der Waals surface area contributed by atoms with Crippen LogP contribution in [0.2, 0.25) is 0 Å². The van der Waals surface area contributed by atoms with Gasteiger partial charge < -0.3 is 15.2 Å². The minimum absolute atomic E-state index is 0.121. The van der Waals surface area contributed by atoms with Crippen molar-refractivity contribution < 1.29 is 9.84 Å². The molecule has 0 aliphatic heterocycles. The summed E-state index contributed by atoms with van der Waals surface area (Å²) in [4.78, 5) is 4.11. The molecule has 1 aromatic heterocycles. The van der Waals surface area contributed by atoms with E-state index in [0.29, 0.717) is 6.54 Å². The lowest BCUT2D eigenvalue weighted by Gasteiger charge is -2.18. The summed E-state index contributed by atoms with van der Waals surface area (Å²) >= 11 is 0. The summed E-state index contributed by atoms with van der Waals surface area (Å²) in [5.41, 5.74) is 1.95. The minimum Gasteiger partial charge on any atom is -0.491 e. The number of rotatable bonds is 7. The standard InChI is InChI=1S/C18H24N2O2/c1-13(2)22-17-8-4-6-15(10-17)18(21)12-20-14(3)16-7-5-9-19-11-16/h4-11,13-14,18,20-21H,12H2,1-3H3. The van der Waals surface area contributed by atoms with Gasteiger partial charge in [-0.1, -0.05) is 18.2 Å². The highest BCUT2D eigenvalue weighted by Crippen LogP contribution is 2.20. The molecule has 1 aromatic carbocycles. The topological polar surface area (TPSA) is 54.4 Å². The van der Waals surface area contributed by atoms with Crippen LogP contribution in [0.3, 0.4) is 0 Å². The molecule has 0 bridgehead atoms. The molecule has 1 heterocycles. The fourth-order valence-corrected chi connectivity index (χ4v) is 2.22. The Morgan fingerprint density at radius 1 is 1.14 bits per heavy atom. The Labute approximate surface area is 132 Å². The average molecular weight is 300 g/mol. The number of aromatic nitrogens is 1. The largest absolute Gasteiger partial charge is 0.491 e. The second-order valence-electron chi connectivity index (χ2n) is 5.67. The number of pyridine rings is 1. The molecule has 0 saturated heterocycles. The Balaban J connectivity index is 1.93. The number of hydrogen-bond acceptors (Lipinski definition) is 4. The predicted molar refractivity (Wildman–Crippen MR) is 87.8 cm³/mol. The number of benzene rings is 1. The molecule has 0 spiro atoms. The Hall–Kier alpha value is -1.91. The molecule has 0 radical (unpaired) electrons. The van der Waals surface area contributed by atoms with E-state index in [0.717, 1.165) is 16.9 Å². The minimum atomic E-state index is -0.574. The Bertz CT molecular complexity index is 572. The summed E-state index contributed by atoms with van der Waals surface area (Å²) in [5, 5.41) is 13.7. The van der Waals surface area contributed by atoms with E-state index in [-0.39, 0.29) is 12.1 Å². The van der Waals surface area contributed by atoms with Gasteiger partial charge in [0.05, 0.1) is 12.2 Å². The first-order valence-corrected chi connectivity index (χ1v) is 7.64. The van der Waals surface area contributed by atoms with Gasteiger partial charge in [-0.25, -0.2) is 0 Å². The van der Waals surface area contributed by atoms with Crippen LogP contribution in [0, 0.1) is 0 Å². The zero-order chi connectivity index (χ0) is 15.9. The van der Waals surface area contributed by atoms with Gasteiger partial charge in [0.15, 0.2) is 0 Å². The van der Waals surface area contributed by atoms with E-state index in [9.17, 15) is 5.11 Å². The second kappa shape index (κ2) is 7.92. The van der Waals surface area contributed by atoms with Gasteiger partial charge in [0.25, 0.3) is 0 Å². The molecule has 0 amide bonds. The van der Waals surface area contributed by atoms with E-state index in [2.05, 4.69) is 17.2 Å². The van der Waals surface area contributed by atoms with Gasteiger partial charge in [-0.2, -0.15) is 0 Å². The highest BCUT2D eigenvalue weighted by atomic mass is 16.5. The van der Waals surface area contributed by atoms with Crippen molar-refractivity contribution in [3.63, 3.8) is 0 Å². The molecule has 0 saturated carbocycles. The van der Waals surface area contributed by atoms with Crippen molar-refractivity contribution in [2.75, 3.05) is 6.54 Å². The van der Waals surface area contributed by atoms with Gasteiger partial charge in [-0.3, -0.25) is 4.98 Å². The van der Waals surface area contributed by atoms with Crippen LogP contribution in [-0.4, -0.2) is 22.7 Å². The Morgan fingerprint density at radius 3 is 2.59 bits per heavy atom. The van der Waals surface area contributed by atoms with Gasteiger partial charge in [-0.05, 0) is 50.1 Å². The van der Waals surface area contributed by atoms with Crippen LogP contribution in [0.4, 0.5) is 0 Å². The highest BCUT2D eigenvalue weighted by molar-refractivity contribution is 5.30. The summed E-state index contributed by atoms with van der Waals surface area (Å²) in [7, 11) is 0. The van der Waals surface area contributed by atoms with E-state index in [1.165, 1.54) is 0 Å². The maximum Gasteiger partial charge on any atom is 0.120 e. The molecular weight excluding hydrogens is 276 g/mol. The normalized spacial score (nSPS) is 13.9. The maximum absolute atomic E-state index is 10.3. The second-order valence-corrected chi connectivity index (χ2v) is 5.67. The lowest BCUT2D eigenvalue weighted by atomic mass is 10.1. The molecule has 0 aliphatic carbocycles. The summed E-state index contributed by atoms with van der Waals surface area (Å²) in [6.07, 6.45) is 3.14. The molecular formula is C18H24N2O2. The average Bonchev–Trinajstić information content (AvgIpc) is 2.52. The Kier molecular flexibility index (Phi) is 5.92. The van der Waals surface area contributed by atoms with Crippen LogP contribution < -0.4 is 10.1 Å². The van der Waals surface area contributed by atoms with Gasteiger partial charge in [0.2, 0.25) is 0 Å². The third-order valence-corrected chi connectivity index (χ3v) is 3.42. The monoisotopic (exact) mass is 300 g/mol. The van der Waals surface area contributed by atoms with Gasteiger partial charge in [-0.15, -0.1) is 0 Å². The molecule has 2 atom stereocenters. The summed E-state index contributed by atoms with van der Waals surface area (Å²) < 4.78 is 5.66. The van der Waals surface area contributed by atoms with Crippen LogP contribution in [0.25, 0.3) is 0 Å². The van der Waals surface area contributed by atoms with Crippen LogP contribution >= 0.6 is 0 Å².